The highest BCUT2D eigenvalue weighted by Crippen LogP contribution is 2.35. The molecule has 0 aliphatic rings. The summed E-state index contributed by atoms with van der Waals surface area (Å²) in [5, 5.41) is 3.22. The first-order chi connectivity index (χ1) is 12.6. The van der Waals surface area contributed by atoms with Gasteiger partial charge < -0.3 is 19.8 Å². The third-order valence-corrected chi connectivity index (χ3v) is 4.29. The van der Waals surface area contributed by atoms with Gasteiger partial charge in [0, 0.05) is 18.5 Å². The Balaban J connectivity index is 1.56. The molecule has 0 atom stereocenters. The van der Waals surface area contributed by atoms with Crippen molar-refractivity contribution in [1.29, 1.82) is 0 Å². The standard InChI is InChI=1S/C19H20ClN3O3/c1-25-16-11-12(10-13(20)18(16)26-2)19(24)21-9-5-8-17-22-14-6-3-4-7-15(14)23-17/h3-4,6-7,10-11H,5,8-9H2,1-2H3,(H,21,24)(H,22,23). The average molecular weight is 374 g/mol. The Hall–Kier alpha value is -2.73. The lowest BCUT2D eigenvalue weighted by Gasteiger charge is -2.11. The molecule has 3 aromatic rings. The molecule has 1 heterocycles. The van der Waals surface area contributed by atoms with E-state index in [4.69, 9.17) is 21.1 Å². The second-order valence-corrected chi connectivity index (χ2v) is 6.16. The minimum Gasteiger partial charge on any atom is -0.493 e. The lowest BCUT2D eigenvalue weighted by molar-refractivity contribution is 0.0952. The Kier molecular flexibility index (Phi) is 5.63. The summed E-state index contributed by atoms with van der Waals surface area (Å²) < 4.78 is 10.4. The van der Waals surface area contributed by atoms with E-state index in [1.807, 2.05) is 24.3 Å². The molecule has 0 saturated carbocycles. The number of benzene rings is 2. The number of fused-ring (bicyclic) bond motifs is 1. The van der Waals surface area contributed by atoms with Crippen molar-refractivity contribution in [3.05, 3.63) is 52.8 Å². The Bertz CT molecular complexity index is 891. The summed E-state index contributed by atoms with van der Waals surface area (Å²) in [6, 6.07) is 11.1. The van der Waals surface area contributed by atoms with Crippen molar-refractivity contribution in [1.82, 2.24) is 15.3 Å². The number of rotatable bonds is 7. The number of para-hydroxylation sites is 2. The Labute approximate surface area is 156 Å². The summed E-state index contributed by atoms with van der Waals surface area (Å²) in [6.07, 6.45) is 1.52. The van der Waals surface area contributed by atoms with Gasteiger partial charge in [-0.2, -0.15) is 0 Å². The van der Waals surface area contributed by atoms with E-state index >= 15 is 0 Å². The van der Waals surface area contributed by atoms with Crippen molar-refractivity contribution in [2.24, 2.45) is 0 Å². The number of aromatic amines is 1. The highest BCUT2D eigenvalue weighted by atomic mass is 35.5. The maximum absolute atomic E-state index is 12.3. The first-order valence-electron chi connectivity index (χ1n) is 8.25. The average Bonchev–Trinajstić information content (AvgIpc) is 3.07. The number of carbonyl (C=O) groups excluding carboxylic acids is 1. The molecule has 0 spiro atoms. The number of H-pyrrole nitrogens is 1. The second kappa shape index (κ2) is 8.10. The monoisotopic (exact) mass is 373 g/mol. The number of imidazole rings is 1. The van der Waals surface area contributed by atoms with Crippen LogP contribution in [0.4, 0.5) is 0 Å². The van der Waals surface area contributed by atoms with Gasteiger partial charge >= 0.3 is 0 Å². The first-order valence-corrected chi connectivity index (χ1v) is 8.63. The molecule has 1 aromatic heterocycles. The SMILES string of the molecule is COc1cc(C(=O)NCCCc2nc3ccccc3[nH]2)cc(Cl)c1OC. The molecule has 0 radical (unpaired) electrons. The largest absolute Gasteiger partial charge is 0.493 e. The van der Waals surface area contributed by atoms with Crippen molar-refractivity contribution in [3.63, 3.8) is 0 Å². The number of nitrogens with one attached hydrogen (secondary N) is 2. The predicted octanol–water partition coefficient (Wildman–Crippen LogP) is 3.60. The third kappa shape index (κ3) is 3.91. The van der Waals surface area contributed by atoms with Crippen LogP contribution in [0.25, 0.3) is 11.0 Å². The smallest absolute Gasteiger partial charge is 0.251 e. The molecule has 0 unspecified atom stereocenters. The van der Waals surface area contributed by atoms with Crippen molar-refractivity contribution in [2.45, 2.75) is 12.8 Å². The number of ether oxygens (including phenoxy) is 2. The molecule has 2 aromatic carbocycles. The molecule has 0 aliphatic heterocycles. The van der Waals surface area contributed by atoms with Gasteiger partial charge in [-0.05, 0) is 30.7 Å². The van der Waals surface area contributed by atoms with E-state index in [0.29, 0.717) is 28.6 Å². The van der Waals surface area contributed by atoms with Crippen LogP contribution in [0, 0.1) is 0 Å². The Morgan fingerprint density at radius 3 is 2.77 bits per heavy atom. The van der Waals surface area contributed by atoms with Gasteiger partial charge in [0.25, 0.3) is 5.91 Å². The van der Waals surface area contributed by atoms with Crippen LogP contribution in [0.1, 0.15) is 22.6 Å². The number of aryl methyl sites for hydroxylation is 1. The van der Waals surface area contributed by atoms with E-state index in [1.54, 1.807) is 12.1 Å². The fourth-order valence-electron chi connectivity index (χ4n) is 2.73. The molecule has 2 N–H and O–H groups in total. The number of carbonyl (C=O) groups is 1. The topological polar surface area (TPSA) is 76.2 Å². The quantitative estimate of drug-likeness (QED) is 0.620. The van der Waals surface area contributed by atoms with E-state index in [1.165, 1.54) is 14.2 Å². The number of hydrogen-bond acceptors (Lipinski definition) is 4. The summed E-state index contributed by atoms with van der Waals surface area (Å²) >= 11 is 6.14. The Morgan fingerprint density at radius 2 is 2.04 bits per heavy atom. The summed E-state index contributed by atoms with van der Waals surface area (Å²) in [4.78, 5) is 20.1. The van der Waals surface area contributed by atoms with E-state index in [9.17, 15) is 4.79 Å². The molecule has 0 aliphatic carbocycles. The highest BCUT2D eigenvalue weighted by Gasteiger charge is 2.15. The van der Waals surface area contributed by atoms with Crippen LogP contribution in [0.15, 0.2) is 36.4 Å². The van der Waals surface area contributed by atoms with Gasteiger partial charge in [0.1, 0.15) is 5.82 Å². The van der Waals surface area contributed by atoms with Crippen molar-refractivity contribution in [3.8, 4) is 11.5 Å². The van der Waals surface area contributed by atoms with E-state index in [0.717, 1.165) is 29.7 Å². The molecule has 0 saturated heterocycles. The summed E-state index contributed by atoms with van der Waals surface area (Å²) in [5.74, 6) is 1.54. The molecule has 0 bridgehead atoms. The Morgan fingerprint density at radius 1 is 1.23 bits per heavy atom. The zero-order valence-electron chi connectivity index (χ0n) is 14.6. The minimum absolute atomic E-state index is 0.211. The lowest BCUT2D eigenvalue weighted by Crippen LogP contribution is -2.25. The van der Waals surface area contributed by atoms with Crippen LogP contribution in [-0.2, 0) is 6.42 Å². The van der Waals surface area contributed by atoms with Crippen LogP contribution >= 0.6 is 11.6 Å². The fraction of sp³-hybridized carbons (Fsp3) is 0.263. The first kappa shape index (κ1) is 18.1. The molecule has 136 valence electrons. The number of nitrogens with zero attached hydrogens (tertiary/aromatic N) is 1. The van der Waals surface area contributed by atoms with Crippen molar-refractivity contribution in [2.75, 3.05) is 20.8 Å². The summed E-state index contributed by atoms with van der Waals surface area (Å²) in [6.45, 7) is 0.530. The van der Waals surface area contributed by atoms with Crippen LogP contribution in [0.2, 0.25) is 5.02 Å². The molecule has 7 heteroatoms. The molecule has 6 nitrogen and oxygen atoms in total. The van der Waals surface area contributed by atoms with E-state index in [2.05, 4.69) is 15.3 Å². The van der Waals surface area contributed by atoms with E-state index in [-0.39, 0.29) is 5.91 Å². The molecular weight excluding hydrogens is 354 g/mol. The zero-order chi connectivity index (χ0) is 18.5. The number of halogens is 1. The molecule has 3 rings (SSSR count). The number of aromatic nitrogens is 2. The fourth-order valence-corrected chi connectivity index (χ4v) is 3.02. The maximum atomic E-state index is 12.3. The van der Waals surface area contributed by atoms with Gasteiger partial charge in [-0.1, -0.05) is 23.7 Å². The van der Waals surface area contributed by atoms with Gasteiger partial charge in [0.05, 0.1) is 30.3 Å². The zero-order valence-corrected chi connectivity index (χ0v) is 15.4. The minimum atomic E-state index is -0.211. The lowest BCUT2D eigenvalue weighted by atomic mass is 10.2. The number of amides is 1. The summed E-state index contributed by atoms with van der Waals surface area (Å²) in [5.41, 5.74) is 2.40. The van der Waals surface area contributed by atoms with Gasteiger partial charge in [-0.3, -0.25) is 4.79 Å². The van der Waals surface area contributed by atoms with Crippen LogP contribution in [-0.4, -0.2) is 36.6 Å². The third-order valence-electron chi connectivity index (χ3n) is 4.01. The molecule has 26 heavy (non-hydrogen) atoms. The van der Waals surface area contributed by atoms with Gasteiger partial charge in [-0.25, -0.2) is 4.98 Å². The highest BCUT2D eigenvalue weighted by molar-refractivity contribution is 6.32. The van der Waals surface area contributed by atoms with Gasteiger partial charge in [-0.15, -0.1) is 0 Å². The summed E-state index contributed by atoms with van der Waals surface area (Å²) in [7, 11) is 3.00. The van der Waals surface area contributed by atoms with Gasteiger partial charge in [0.2, 0.25) is 0 Å². The van der Waals surface area contributed by atoms with Crippen molar-refractivity contribution >= 4 is 28.5 Å². The molecular formula is C19H20ClN3O3. The normalized spacial score (nSPS) is 10.7. The van der Waals surface area contributed by atoms with Crippen molar-refractivity contribution < 1.29 is 14.3 Å². The number of methoxy groups -OCH3 is 2. The van der Waals surface area contributed by atoms with Crippen LogP contribution in [0.5, 0.6) is 11.5 Å². The van der Waals surface area contributed by atoms with Gasteiger partial charge in [0.15, 0.2) is 11.5 Å². The molecule has 0 fully saturated rings. The predicted molar refractivity (Wildman–Crippen MR) is 101 cm³/mol. The molecule has 1 amide bonds. The van der Waals surface area contributed by atoms with E-state index < -0.39 is 0 Å². The van der Waals surface area contributed by atoms with Crippen LogP contribution in [0.3, 0.4) is 0 Å². The second-order valence-electron chi connectivity index (χ2n) is 5.75. The number of hydrogen-bond donors (Lipinski definition) is 2. The van der Waals surface area contributed by atoms with Crippen LogP contribution < -0.4 is 14.8 Å². The maximum Gasteiger partial charge on any atom is 0.251 e.